The van der Waals surface area contributed by atoms with Crippen LogP contribution >= 0.6 is 0 Å². The lowest BCUT2D eigenvalue weighted by atomic mass is 10.2. The predicted octanol–water partition coefficient (Wildman–Crippen LogP) is 0.713. The molecule has 0 saturated heterocycles. The van der Waals surface area contributed by atoms with Crippen LogP contribution in [-0.4, -0.2) is 28.5 Å². The molecule has 1 aromatic rings. The number of carboxylic acids is 1. The maximum Gasteiger partial charge on any atom is 0.328 e. The van der Waals surface area contributed by atoms with Crippen LogP contribution < -0.4 is 10.5 Å². The van der Waals surface area contributed by atoms with Gasteiger partial charge in [-0.05, 0) is 18.2 Å². The summed E-state index contributed by atoms with van der Waals surface area (Å²) in [7, 11) is 0. The number of ether oxygens (including phenoxy) is 1. The highest BCUT2D eigenvalue weighted by atomic mass is 16.6. The molecule has 19 heavy (non-hydrogen) atoms. The normalized spacial score (nSPS) is 10.3. The van der Waals surface area contributed by atoms with Crippen molar-refractivity contribution in [1.29, 1.82) is 0 Å². The molecule has 0 heterocycles. The number of primary amides is 1. The SMILES string of the molecule is NC(=O)c1ccc(OCC=CC(=O)O)c([N+](=O)[O-])c1. The number of hydrogen-bond donors (Lipinski definition) is 2. The molecule has 0 atom stereocenters. The van der Waals surface area contributed by atoms with Gasteiger partial charge in [-0.15, -0.1) is 0 Å². The second-order valence-electron chi connectivity index (χ2n) is 3.36. The van der Waals surface area contributed by atoms with Crippen LogP contribution in [0.15, 0.2) is 30.4 Å². The van der Waals surface area contributed by atoms with Gasteiger partial charge in [0.15, 0.2) is 5.75 Å². The van der Waals surface area contributed by atoms with E-state index in [0.29, 0.717) is 0 Å². The van der Waals surface area contributed by atoms with Crippen molar-refractivity contribution in [3.63, 3.8) is 0 Å². The maximum absolute atomic E-state index is 10.9. The minimum absolute atomic E-state index is 0.0138. The third-order valence-electron chi connectivity index (χ3n) is 2.04. The Balaban J connectivity index is 2.91. The fourth-order valence-corrected chi connectivity index (χ4v) is 1.22. The maximum atomic E-state index is 10.9. The molecule has 3 N–H and O–H groups in total. The first kappa shape index (κ1) is 14.2. The Hall–Kier alpha value is -2.90. The number of carbonyl (C=O) groups is 2. The molecule has 8 nitrogen and oxygen atoms in total. The highest BCUT2D eigenvalue weighted by Crippen LogP contribution is 2.27. The minimum Gasteiger partial charge on any atom is -0.483 e. The van der Waals surface area contributed by atoms with Crippen LogP contribution in [0.3, 0.4) is 0 Å². The first-order valence-corrected chi connectivity index (χ1v) is 5.02. The lowest BCUT2D eigenvalue weighted by Gasteiger charge is -2.05. The quantitative estimate of drug-likeness (QED) is 0.442. The first-order chi connectivity index (χ1) is 8.91. The zero-order chi connectivity index (χ0) is 14.4. The van der Waals surface area contributed by atoms with E-state index in [1.54, 1.807) is 0 Å². The van der Waals surface area contributed by atoms with Crippen LogP contribution in [-0.2, 0) is 4.79 Å². The Kier molecular flexibility index (Phi) is 4.58. The molecule has 1 rings (SSSR count). The summed E-state index contributed by atoms with van der Waals surface area (Å²) < 4.78 is 5.04. The van der Waals surface area contributed by atoms with Crippen molar-refractivity contribution >= 4 is 17.6 Å². The second kappa shape index (κ2) is 6.15. The summed E-state index contributed by atoms with van der Waals surface area (Å²) in [5.41, 5.74) is 4.58. The molecule has 0 fully saturated rings. The van der Waals surface area contributed by atoms with Crippen LogP contribution in [0, 0.1) is 10.1 Å². The van der Waals surface area contributed by atoms with Crippen LogP contribution in [0.5, 0.6) is 5.75 Å². The number of amides is 1. The molecule has 100 valence electrons. The topological polar surface area (TPSA) is 133 Å². The number of nitro benzene ring substituents is 1. The summed E-state index contributed by atoms with van der Waals surface area (Å²) in [6, 6.07) is 3.51. The zero-order valence-corrected chi connectivity index (χ0v) is 9.61. The van der Waals surface area contributed by atoms with Crippen molar-refractivity contribution in [2.45, 2.75) is 0 Å². The van der Waals surface area contributed by atoms with Crippen LogP contribution in [0.2, 0.25) is 0 Å². The number of nitrogens with zero attached hydrogens (tertiary/aromatic N) is 1. The summed E-state index contributed by atoms with van der Waals surface area (Å²) >= 11 is 0. The number of benzene rings is 1. The van der Waals surface area contributed by atoms with Gasteiger partial charge >= 0.3 is 11.7 Å². The molecular formula is C11H10N2O6. The average molecular weight is 266 g/mol. The van der Waals surface area contributed by atoms with Crippen molar-refractivity contribution in [1.82, 2.24) is 0 Å². The lowest BCUT2D eigenvalue weighted by Crippen LogP contribution is -2.11. The number of rotatable bonds is 6. The zero-order valence-electron chi connectivity index (χ0n) is 9.61. The molecule has 0 unspecified atom stereocenters. The molecule has 0 saturated carbocycles. The number of carboxylic acid groups (broad SMARTS) is 1. The van der Waals surface area contributed by atoms with E-state index in [-0.39, 0.29) is 17.9 Å². The largest absolute Gasteiger partial charge is 0.483 e. The third kappa shape index (κ3) is 4.11. The number of nitrogens with two attached hydrogens (primary N) is 1. The monoisotopic (exact) mass is 266 g/mol. The molecule has 8 heteroatoms. The Labute approximate surface area is 107 Å². The fourth-order valence-electron chi connectivity index (χ4n) is 1.22. The van der Waals surface area contributed by atoms with Gasteiger partial charge in [0, 0.05) is 17.7 Å². The number of hydrogen-bond acceptors (Lipinski definition) is 5. The molecule has 0 aliphatic heterocycles. The van der Waals surface area contributed by atoms with Gasteiger partial charge in [-0.2, -0.15) is 0 Å². The van der Waals surface area contributed by atoms with Crippen molar-refractivity contribution in [2.75, 3.05) is 6.61 Å². The van der Waals surface area contributed by atoms with Crippen LogP contribution in [0.25, 0.3) is 0 Å². The number of nitro groups is 1. The van der Waals surface area contributed by atoms with Gasteiger partial charge in [0.2, 0.25) is 5.91 Å². The summed E-state index contributed by atoms with van der Waals surface area (Å²) in [6.45, 7) is -0.150. The summed E-state index contributed by atoms with van der Waals surface area (Å²) in [6.07, 6.45) is 2.04. The van der Waals surface area contributed by atoms with E-state index in [1.807, 2.05) is 0 Å². The highest BCUT2D eigenvalue weighted by Gasteiger charge is 2.17. The summed E-state index contributed by atoms with van der Waals surface area (Å²) in [5, 5.41) is 19.1. The van der Waals surface area contributed by atoms with E-state index < -0.39 is 22.5 Å². The fraction of sp³-hybridized carbons (Fsp3) is 0.0909. The Morgan fingerprint density at radius 3 is 2.68 bits per heavy atom. The molecule has 1 amide bonds. The van der Waals surface area contributed by atoms with Crippen LogP contribution in [0.1, 0.15) is 10.4 Å². The highest BCUT2D eigenvalue weighted by molar-refractivity contribution is 5.93. The molecule has 0 aromatic heterocycles. The Bertz CT molecular complexity index is 552. The Morgan fingerprint density at radius 2 is 2.16 bits per heavy atom. The molecule has 0 spiro atoms. The van der Waals surface area contributed by atoms with Gasteiger partial charge in [0.1, 0.15) is 6.61 Å². The molecule has 0 bridgehead atoms. The smallest absolute Gasteiger partial charge is 0.328 e. The van der Waals surface area contributed by atoms with E-state index in [1.165, 1.54) is 18.2 Å². The van der Waals surface area contributed by atoms with Crippen molar-refractivity contribution in [3.8, 4) is 5.75 Å². The Morgan fingerprint density at radius 1 is 1.47 bits per heavy atom. The molecule has 1 aromatic carbocycles. The van der Waals surface area contributed by atoms with E-state index in [9.17, 15) is 19.7 Å². The van der Waals surface area contributed by atoms with E-state index in [0.717, 1.165) is 12.1 Å². The van der Waals surface area contributed by atoms with Gasteiger partial charge < -0.3 is 15.6 Å². The van der Waals surface area contributed by atoms with Crippen LogP contribution in [0.4, 0.5) is 5.69 Å². The number of carbonyl (C=O) groups excluding carboxylic acids is 1. The lowest BCUT2D eigenvalue weighted by molar-refractivity contribution is -0.385. The van der Waals surface area contributed by atoms with Gasteiger partial charge in [0.25, 0.3) is 0 Å². The third-order valence-corrected chi connectivity index (χ3v) is 2.04. The van der Waals surface area contributed by atoms with Gasteiger partial charge in [-0.25, -0.2) is 4.79 Å². The first-order valence-electron chi connectivity index (χ1n) is 5.02. The van der Waals surface area contributed by atoms with Gasteiger partial charge in [0.05, 0.1) is 4.92 Å². The number of aliphatic carboxylic acids is 1. The molecular weight excluding hydrogens is 256 g/mol. The van der Waals surface area contributed by atoms with E-state index in [2.05, 4.69) is 0 Å². The van der Waals surface area contributed by atoms with E-state index >= 15 is 0 Å². The van der Waals surface area contributed by atoms with Crippen molar-refractivity contribution in [2.24, 2.45) is 5.73 Å². The minimum atomic E-state index is -1.15. The van der Waals surface area contributed by atoms with Gasteiger partial charge in [-0.3, -0.25) is 14.9 Å². The van der Waals surface area contributed by atoms with Crippen molar-refractivity contribution in [3.05, 3.63) is 46.0 Å². The molecule has 0 aliphatic rings. The average Bonchev–Trinajstić information content (AvgIpc) is 2.34. The molecule has 0 aliphatic carbocycles. The second-order valence-corrected chi connectivity index (χ2v) is 3.36. The van der Waals surface area contributed by atoms with Crippen molar-refractivity contribution < 1.29 is 24.4 Å². The predicted molar refractivity (Wildman–Crippen MR) is 63.9 cm³/mol. The summed E-state index contributed by atoms with van der Waals surface area (Å²) in [5.74, 6) is -2.02. The van der Waals surface area contributed by atoms with Gasteiger partial charge in [-0.1, -0.05) is 0 Å². The molecule has 0 radical (unpaired) electrons. The van der Waals surface area contributed by atoms with E-state index in [4.69, 9.17) is 15.6 Å². The standard InChI is InChI=1S/C11H10N2O6/c12-11(16)7-3-4-9(8(6-7)13(17)18)19-5-1-2-10(14)15/h1-4,6H,5H2,(H2,12,16)(H,14,15). The summed E-state index contributed by atoms with van der Waals surface area (Å²) in [4.78, 5) is 31.2.